The zero-order chi connectivity index (χ0) is 14.0. The van der Waals surface area contributed by atoms with Crippen LogP contribution in [-0.2, 0) is 0 Å². The average molecular weight is 255 g/mol. The van der Waals surface area contributed by atoms with Crippen LogP contribution in [0, 0.1) is 13.8 Å². The van der Waals surface area contributed by atoms with E-state index >= 15 is 0 Å². The standard InChI is InChI=1S/C15H17N3O/c1-10-5-4-6-11(2)14(10)15(19)18(3)13-7-8-17-9-12(13)16/h4-9H,16H2,1-3H3. The lowest BCUT2D eigenvalue weighted by Gasteiger charge is -2.21. The summed E-state index contributed by atoms with van der Waals surface area (Å²) < 4.78 is 0. The lowest BCUT2D eigenvalue weighted by Crippen LogP contribution is -2.28. The van der Waals surface area contributed by atoms with Crippen LogP contribution in [0.1, 0.15) is 21.5 Å². The highest BCUT2D eigenvalue weighted by Crippen LogP contribution is 2.24. The van der Waals surface area contributed by atoms with Crippen LogP contribution < -0.4 is 10.6 Å². The number of nitrogens with two attached hydrogens (primary N) is 1. The molecule has 0 aliphatic rings. The van der Waals surface area contributed by atoms with E-state index in [1.807, 2.05) is 32.0 Å². The first-order valence-electron chi connectivity index (χ1n) is 6.06. The van der Waals surface area contributed by atoms with E-state index in [2.05, 4.69) is 4.98 Å². The van der Waals surface area contributed by atoms with Crippen LogP contribution >= 0.6 is 0 Å². The van der Waals surface area contributed by atoms with Gasteiger partial charge in [0.2, 0.25) is 0 Å². The molecule has 1 aromatic carbocycles. The summed E-state index contributed by atoms with van der Waals surface area (Å²) >= 11 is 0. The molecule has 1 aromatic heterocycles. The van der Waals surface area contributed by atoms with Gasteiger partial charge in [-0.2, -0.15) is 0 Å². The van der Waals surface area contributed by atoms with E-state index in [9.17, 15) is 4.79 Å². The number of aryl methyl sites for hydroxylation is 2. The van der Waals surface area contributed by atoms with Crippen LogP contribution in [-0.4, -0.2) is 17.9 Å². The molecule has 0 radical (unpaired) electrons. The number of nitrogens with zero attached hydrogens (tertiary/aromatic N) is 2. The zero-order valence-electron chi connectivity index (χ0n) is 11.3. The molecule has 4 heteroatoms. The third-order valence-corrected chi connectivity index (χ3v) is 3.19. The third kappa shape index (κ3) is 2.42. The van der Waals surface area contributed by atoms with Gasteiger partial charge in [0.1, 0.15) is 0 Å². The minimum absolute atomic E-state index is 0.0616. The molecular formula is C15H17N3O. The molecule has 0 bridgehead atoms. The molecular weight excluding hydrogens is 238 g/mol. The van der Waals surface area contributed by atoms with Crippen molar-refractivity contribution in [3.8, 4) is 0 Å². The van der Waals surface area contributed by atoms with Gasteiger partial charge in [0, 0.05) is 18.8 Å². The maximum atomic E-state index is 12.6. The van der Waals surface area contributed by atoms with Crippen molar-refractivity contribution in [2.75, 3.05) is 17.7 Å². The van der Waals surface area contributed by atoms with Crippen molar-refractivity contribution in [2.24, 2.45) is 0 Å². The van der Waals surface area contributed by atoms with Crippen LogP contribution in [0.3, 0.4) is 0 Å². The summed E-state index contributed by atoms with van der Waals surface area (Å²) in [6.07, 6.45) is 3.17. The second kappa shape index (κ2) is 5.10. The Labute approximate surface area is 112 Å². The van der Waals surface area contributed by atoms with E-state index < -0.39 is 0 Å². The largest absolute Gasteiger partial charge is 0.396 e. The molecule has 4 nitrogen and oxygen atoms in total. The van der Waals surface area contributed by atoms with Crippen molar-refractivity contribution in [3.05, 3.63) is 53.3 Å². The van der Waals surface area contributed by atoms with Crippen LogP contribution in [0.4, 0.5) is 11.4 Å². The highest BCUT2D eigenvalue weighted by Gasteiger charge is 2.18. The Balaban J connectivity index is 2.43. The van der Waals surface area contributed by atoms with Crippen molar-refractivity contribution in [3.63, 3.8) is 0 Å². The molecule has 19 heavy (non-hydrogen) atoms. The third-order valence-electron chi connectivity index (χ3n) is 3.19. The number of benzene rings is 1. The number of carbonyl (C=O) groups is 1. The molecule has 2 rings (SSSR count). The number of carbonyl (C=O) groups excluding carboxylic acids is 1. The van der Waals surface area contributed by atoms with Gasteiger partial charge in [-0.15, -0.1) is 0 Å². The monoisotopic (exact) mass is 255 g/mol. The van der Waals surface area contributed by atoms with Crippen LogP contribution in [0.2, 0.25) is 0 Å². The Morgan fingerprint density at radius 1 is 1.21 bits per heavy atom. The first-order valence-corrected chi connectivity index (χ1v) is 6.06. The fraction of sp³-hybridized carbons (Fsp3) is 0.200. The summed E-state index contributed by atoms with van der Waals surface area (Å²) in [5, 5.41) is 0. The Kier molecular flexibility index (Phi) is 3.51. The summed E-state index contributed by atoms with van der Waals surface area (Å²) in [4.78, 5) is 18.1. The molecule has 0 unspecified atom stereocenters. The Morgan fingerprint density at radius 2 is 1.84 bits per heavy atom. The van der Waals surface area contributed by atoms with Crippen molar-refractivity contribution < 1.29 is 4.79 Å². The van der Waals surface area contributed by atoms with Crippen molar-refractivity contribution in [2.45, 2.75) is 13.8 Å². The Morgan fingerprint density at radius 3 is 2.42 bits per heavy atom. The molecule has 0 atom stereocenters. The number of pyridine rings is 1. The molecule has 98 valence electrons. The molecule has 0 aliphatic heterocycles. The smallest absolute Gasteiger partial charge is 0.258 e. The number of anilines is 2. The number of hydrogen-bond acceptors (Lipinski definition) is 3. The van der Waals surface area contributed by atoms with Crippen molar-refractivity contribution in [1.29, 1.82) is 0 Å². The fourth-order valence-electron chi connectivity index (χ4n) is 2.13. The molecule has 0 spiro atoms. The maximum Gasteiger partial charge on any atom is 0.258 e. The van der Waals surface area contributed by atoms with Gasteiger partial charge in [-0.3, -0.25) is 9.78 Å². The molecule has 1 heterocycles. The van der Waals surface area contributed by atoms with E-state index in [4.69, 9.17) is 5.73 Å². The lowest BCUT2D eigenvalue weighted by molar-refractivity contribution is 0.0992. The highest BCUT2D eigenvalue weighted by atomic mass is 16.2. The molecule has 0 saturated carbocycles. The minimum Gasteiger partial charge on any atom is -0.396 e. The van der Waals surface area contributed by atoms with Gasteiger partial charge in [0.25, 0.3) is 5.91 Å². The molecule has 1 amide bonds. The zero-order valence-corrected chi connectivity index (χ0v) is 11.3. The van der Waals surface area contributed by atoms with Gasteiger partial charge in [0.05, 0.1) is 17.6 Å². The fourth-order valence-corrected chi connectivity index (χ4v) is 2.13. The highest BCUT2D eigenvalue weighted by molar-refractivity contribution is 6.08. The average Bonchev–Trinajstić information content (AvgIpc) is 2.38. The molecule has 0 fully saturated rings. The number of hydrogen-bond donors (Lipinski definition) is 1. The SMILES string of the molecule is Cc1cccc(C)c1C(=O)N(C)c1ccncc1N. The van der Waals surface area contributed by atoms with E-state index in [0.717, 1.165) is 16.7 Å². The molecule has 0 aliphatic carbocycles. The number of aromatic nitrogens is 1. The van der Waals surface area contributed by atoms with E-state index in [1.165, 1.54) is 0 Å². The summed E-state index contributed by atoms with van der Waals surface area (Å²) in [6, 6.07) is 7.55. The van der Waals surface area contributed by atoms with E-state index in [-0.39, 0.29) is 5.91 Å². The van der Waals surface area contributed by atoms with Crippen molar-refractivity contribution >= 4 is 17.3 Å². The van der Waals surface area contributed by atoms with Gasteiger partial charge in [-0.05, 0) is 31.0 Å². The number of amides is 1. The summed E-state index contributed by atoms with van der Waals surface area (Å²) in [7, 11) is 1.72. The van der Waals surface area contributed by atoms with Gasteiger partial charge in [0.15, 0.2) is 0 Å². The van der Waals surface area contributed by atoms with E-state index in [1.54, 1.807) is 30.4 Å². The Bertz CT molecular complexity index is 602. The molecule has 2 N–H and O–H groups in total. The van der Waals surface area contributed by atoms with Gasteiger partial charge in [-0.1, -0.05) is 18.2 Å². The Hall–Kier alpha value is -2.36. The second-order valence-electron chi connectivity index (χ2n) is 4.57. The predicted octanol–water partition coefficient (Wildman–Crippen LogP) is 2.56. The normalized spacial score (nSPS) is 10.3. The quantitative estimate of drug-likeness (QED) is 0.897. The number of rotatable bonds is 2. The number of nitrogen functional groups attached to an aromatic ring is 1. The predicted molar refractivity (Wildman–Crippen MR) is 77.3 cm³/mol. The van der Waals surface area contributed by atoms with Crippen molar-refractivity contribution in [1.82, 2.24) is 4.98 Å². The first kappa shape index (κ1) is 13.1. The minimum atomic E-state index is -0.0616. The van der Waals surface area contributed by atoms with Gasteiger partial charge >= 0.3 is 0 Å². The summed E-state index contributed by atoms with van der Waals surface area (Å²) in [5.74, 6) is -0.0616. The van der Waals surface area contributed by atoms with Crippen LogP contribution in [0.15, 0.2) is 36.7 Å². The molecule has 2 aromatic rings. The van der Waals surface area contributed by atoms with E-state index in [0.29, 0.717) is 11.4 Å². The topological polar surface area (TPSA) is 59.2 Å². The lowest BCUT2D eigenvalue weighted by atomic mass is 10.0. The van der Waals surface area contributed by atoms with Crippen LogP contribution in [0.5, 0.6) is 0 Å². The van der Waals surface area contributed by atoms with Gasteiger partial charge < -0.3 is 10.6 Å². The maximum absolute atomic E-state index is 12.6. The van der Waals surface area contributed by atoms with Gasteiger partial charge in [-0.25, -0.2) is 0 Å². The first-order chi connectivity index (χ1) is 9.02. The summed E-state index contributed by atoms with van der Waals surface area (Å²) in [6.45, 7) is 3.87. The molecule has 0 saturated heterocycles. The van der Waals surface area contributed by atoms with Crippen LogP contribution in [0.25, 0.3) is 0 Å². The summed E-state index contributed by atoms with van der Waals surface area (Å²) in [5.41, 5.74) is 9.66. The second-order valence-corrected chi connectivity index (χ2v) is 4.57.